The van der Waals surface area contributed by atoms with Gasteiger partial charge in [-0.25, -0.2) is 0 Å². The quantitative estimate of drug-likeness (QED) is 0.589. The van der Waals surface area contributed by atoms with E-state index in [9.17, 15) is 4.79 Å². The molecular formula is C6H7NO2. The lowest BCUT2D eigenvalue weighted by Crippen LogP contribution is -2.01. The van der Waals surface area contributed by atoms with Crippen LogP contribution in [0, 0.1) is 0 Å². The molecule has 9 heavy (non-hydrogen) atoms. The van der Waals surface area contributed by atoms with Gasteiger partial charge in [0.1, 0.15) is 5.75 Å². The smallest absolute Gasteiger partial charge is 0.248 e. The fourth-order valence-corrected chi connectivity index (χ4v) is 0.523. The Morgan fingerprint density at radius 3 is 2.78 bits per heavy atom. The molecule has 3 nitrogen and oxygen atoms in total. The largest absolute Gasteiger partial charge is 0.495 e. The van der Waals surface area contributed by atoms with Crippen molar-refractivity contribution in [3.05, 3.63) is 28.7 Å². The summed E-state index contributed by atoms with van der Waals surface area (Å²) in [4.78, 5) is 12.9. The van der Waals surface area contributed by atoms with Crippen LogP contribution < -0.4 is 10.3 Å². The molecule has 0 spiro atoms. The van der Waals surface area contributed by atoms with E-state index in [0.717, 1.165) is 0 Å². The van der Waals surface area contributed by atoms with Gasteiger partial charge in [0.05, 0.1) is 7.11 Å². The molecular weight excluding hydrogens is 118 g/mol. The van der Waals surface area contributed by atoms with E-state index in [-0.39, 0.29) is 5.56 Å². The highest BCUT2D eigenvalue weighted by molar-refractivity contribution is 5.14. The van der Waals surface area contributed by atoms with E-state index < -0.39 is 0 Å². The predicted octanol–water partition coefficient (Wildman–Crippen LogP) is 0.383. The molecule has 0 unspecified atom stereocenters. The summed E-state index contributed by atoms with van der Waals surface area (Å²) >= 11 is 0. The Kier molecular flexibility index (Phi) is 1.53. The molecule has 1 aromatic rings. The lowest BCUT2D eigenvalue weighted by atomic mass is 10.5. The van der Waals surface area contributed by atoms with Crippen LogP contribution in [0.3, 0.4) is 0 Å². The minimum absolute atomic E-state index is 0.115. The molecule has 0 atom stereocenters. The fraction of sp³-hybridized carbons (Fsp3) is 0.167. The average Bonchev–Trinajstić information content (AvgIpc) is 1.90. The van der Waals surface area contributed by atoms with Crippen LogP contribution in [0.1, 0.15) is 0 Å². The molecule has 3 heteroatoms. The molecule has 1 aromatic heterocycles. The highest BCUT2D eigenvalue weighted by Crippen LogP contribution is 2.00. The van der Waals surface area contributed by atoms with E-state index in [1.165, 1.54) is 12.3 Å². The van der Waals surface area contributed by atoms with Gasteiger partial charge in [-0.1, -0.05) is 0 Å². The van der Waals surface area contributed by atoms with Crippen molar-refractivity contribution >= 4 is 0 Å². The van der Waals surface area contributed by atoms with Crippen LogP contribution in [0.25, 0.3) is 0 Å². The number of pyridine rings is 1. The molecule has 0 bridgehead atoms. The highest BCUT2D eigenvalue weighted by Gasteiger charge is 1.85. The third kappa shape index (κ3) is 1.32. The van der Waals surface area contributed by atoms with Crippen molar-refractivity contribution in [3.8, 4) is 5.75 Å². The first-order chi connectivity index (χ1) is 4.33. The van der Waals surface area contributed by atoms with Crippen molar-refractivity contribution in [1.29, 1.82) is 0 Å². The third-order valence-corrected chi connectivity index (χ3v) is 0.991. The van der Waals surface area contributed by atoms with Crippen molar-refractivity contribution < 1.29 is 4.74 Å². The summed E-state index contributed by atoms with van der Waals surface area (Å²) in [5, 5.41) is 0. The SMILES string of the molecule is COc1ccc(=O)[nH]c1. The molecule has 1 rings (SSSR count). The van der Waals surface area contributed by atoms with Gasteiger partial charge in [-0.15, -0.1) is 0 Å². The second-order valence-corrected chi connectivity index (χ2v) is 1.59. The first-order valence-electron chi connectivity index (χ1n) is 2.55. The molecule has 0 saturated heterocycles. The minimum atomic E-state index is -0.115. The van der Waals surface area contributed by atoms with Crippen LogP contribution in [0.2, 0.25) is 0 Å². The van der Waals surface area contributed by atoms with Crippen molar-refractivity contribution in [3.63, 3.8) is 0 Å². The summed E-state index contributed by atoms with van der Waals surface area (Å²) in [5.41, 5.74) is -0.115. The van der Waals surface area contributed by atoms with Gasteiger partial charge < -0.3 is 9.72 Å². The molecule has 0 aliphatic heterocycles. The lowest BCUT2D eigenvalue weighted by Gasteiger charge is -1.93. The van der Waals surface area contributed by atoms with Crippen molar-refractivity contribution in [2.24, 2.45) is 0 Å². The van der Waals surface area contributed by atoms with Gasteiger partial charge in [0.15, 0.2) is 0 Å². The van der Waals surface area contributed by atoms with Gasteiger partial charge in [0, 0.05) is 12.3 Å². The molecule has 48 valence electrons. The second-order valence-electron chi connectivity index (χ2n) is 1.59. The zero-order valence-corrected chi connectivity index (χ0v) is 5.05. The Bertz CT molecular complexity index is 221. The lowest BCUT2D eigenvalue weighted by molar-refractivity contribution is 0.412. The van der Waals surface area contributed by atoms with Crippen LogP contribution in [0.15, 0.2) is 23.1 Å². The van der Waals surface area contributed by atoms with Crippen LogP contribution in [-0.4, -0.2) is 12.1 Å². The van der Waals surface area contributed by atoms with E-state index in [0.29, 0.717) is 5.75 Å². The maximum atomic E-state index is 10.4. The summed E-state index contributed by atoms with van der Waals surface area (Å²) in [5.74, 6) is 0.662. The van der Waals surface area contributed by atoms with Gasteiger partial charge in [-0.05, 0) is 6.07 Å². The van der Waals surface area contributed by atoms with Crippen LogP contribution >= 0.6 is 0 Å². The topological polar surface area (TPSA) is 42.1 Å². The van der Waals surface area contributed by atoms with Gasteiger partial charge >= 0.3 is 0 Å². The van der Waals surface area contributed by atoms with Crippen molar-refractivity contribution in [2.75, 3.05) is 7.11 Å². The summed E-state index contributed by atoms with van der Waals surface area (Å²) in [6.45, 7) is 0. The van der Waals surface area contributed by atoms with Gasteiger partial charge in [0.2, 0.25) is 5.56 Å². The van der Waals surface area contributed by atoms with E-state index in [2.05, 4.69) is 4.98 Å². The predicted molar refractivity (Wildman–Crippen MR) is 33.6 cm³/mol. The summed E-state index contributed by atoms with van der Waals surface area (Å²) < 4.78 is 4.80. The molecule has 0 fully saturated rings. The summed E-state index contributed by atoms with van der Waals surface area (Å²) in [7, 11) is 1.55. The number of nitrogens with one attached hydrogen (secondary N) is 1. The zero-order valence-electron chi connectivity index (χ0n) is 5.05. The first kappa shape index (κ1) is 5.88. The molecule has 1 N–H and O–H groups in total. The van der Waals surface area contributed by atoms with Gasteiger partial charge in [-0.3, -0.25) is 4.79 Å². The van der Waals surface area contributed by atoms with Crippen molar-refractivity contribution in [2.45, 2.75) is 0 Å². The van der Waals surface area contributed by atoms with E-state index in [1.807, 2.05) is 0 Å². The van der Waals surface area contributed by atoms with E-state index in [4.69, 9.17) is 4.74 Å². The molecule has 0 aromatic carbocycles. The number of methoxy groups -OCH3 is 1. The Labute approximate surface area is 52.3 Å². The molecule has 0 saturated carbocycles. The first-order valence-corrected chi connectivity index (χ1v) is 2.55. The Morgan fingerprint density at radius 1 is 1.56 bits per heavy atom. The number of ether oxygens (including phenoxy) is 1. The van der Waals surface area contributed by atoms with Crippen molar-refractivity contribution in [1.82, 2.24) is 4.98 Å². The Balaban J connectivity index is 3.02. The second kappa shape index (κ2) is 2.35. The average molecular weight is 125 g/mol. The maximum Gasteiger partial charge on any atom is 0.248 e. The van der Waals surface area contributed by atoms with Crippen LogP contribution in [-0.2, 0) is 0 Å². The molecule has 0 amide bonds. The number of hydrogen-bond acceptors (Lipinski definition) is 2. The number of hydrogen-bond donors (Lipinski definition) is 1. The Hall–Kier alpha value is -1.25. The number of rotatable bonds is 1. The number of aromatic nitrogens is 1. The van der Waals surface area contributed by atoms with Crippen LogP contribution in [0.5, 0.6) is 5.75 Å². The molecule has 0 radical (unpaired) electrons. The zero-order chi connectivity index (χ0) is 6.69. The standard InChI is InChI=1S/C6H7NO2/c1-9-5-2-3-6(8)7-4-5/h2-4H,1H3,(H,7,8). The number of aromatic amines is 1. The molecule has 1 heterocycles. The third-order valence-electron chi connectivity index (χ3n) is 0.991. The summed E-state index contributed by atoms with van der Waals surface area (Å²) in [6, 6.07) is 3.03. The Morgan fingerprint density at radius 2 is 2.33 bits per heavy atom. The van der Waals surface area contributed by atoms with Crippen LogP contribution in [0.4, 0.5) is 0 Å². The van der Waals surface area contributed by atoms with E-state index in [1.54, 1.807) is 13.2 Å². The monoisotopic (exact) mass is 125 g/mol. The molecule has 0 aliphatic rings. The molecule has 0 aliphatic carbocycles. The highest BCUT2D eigenvalue weighted by atomic mass is 16.5. The fourth-order valence-electron chi connectivity index (χ4n) is 0.523. The normalized spacial score (nSPS) is 9.00. The number of H-pyrrole nitrogens is 1. The van der Waals surface area contributed by atoms with Gasteiger partial charge in [-0.2, -0.15) is 0 Å². The summed E-state index contributed by atoms with van der Waals surface area (Å²) in [6.07, 6.45) is 1.52. The van der Waals surface area contributed by atoms with Gasteiger partial charge in [0.25, 0.3) is 0 Å². The maximum absolute atomic E-state index is 10.4. The minimum Gasteiger partial charge on any atom is -0.495 e. The van der Waals surface area contributed by atoms with E-state index >= 15 is 0 Å².